The number of aromatic nitrogens is 4. The van der Waals surface area contributed by atoms with Crippen molar-refractivity contribution >= 4 is 22.8 Å². The van der Waals surface area contributed by atoms with Gasteiger partial charge in [-0.2, -0.15) is 14.9 Å². The number of rotatable bonds is 4. The van der Waals surface area contributed by atoms with Gasteiger partial charge in [-0.1, -0.05) is 0 Å². The number of anilines is 3. The average molecular weight is 374 g/mol. The number of nitrogens with one attached hydrogen (secondary N) is 1. The Morgan fingerprint density at radius 2 is 1.96 bits per heavy atom. The third kappa shape index (κ3) is 2.67. The average Bonchev–Trinajstić information content (AvgIpc) is 3.44. The minimum atomic E-state index is 0.355. The van der Waals surface area contributed by atoms with Crippen molar-refractivity contribution in [1.29, 1.82) is 5.26 Å². The monoisotopic (exact) mass is 374 g/mol. The molecule has 0 radical (unpaired) electrons. The van der Waals surface area contributed by atoms with Gasteiger partial charge in [0.1, 0.15) is 12.4 Å². The molecule has 28 heavy (non-hydrogen) atoms. The second-order valence-corrected chi connectivity index (χ2v) is 7.76. The minimum absolute atomic E-state index is 0.355. The van der Waals surface area contributed by atoms with Gasteiger partial charge in [0.15, 0.2) is 17.2 Å². The molecule has 1 aromatic carbocycles. The molecule has 142 valence electrons. The van der Waals surface area contributed by atoms with Crippen LogP contribution in [-0.2, 0) is 0 Å². The molecule has 0 amide bonds. The van der Waals surface area contributed by atoms with Gasteiger partial charge in [0.25, 0.3) is 0 Å². The SMILES string of the molecule is CC(C)N1C[C@@H]2C[C@H]1CN2c1ccc(Nc2ncc(C#N)n3ncnc23)cc1. The van der Waals surface area contributed by atoms with Gasteiger partial charge in [-0.25, -0.2) is 9.97 Å². The predicted octanol–water partition coefficient (Wildman–Crippen LogP) is 2.41. The van der Waals surface area contributed by atoms with Crippen LogP contribution in [0.25, 0.3) is 5.65 Å². The Balaban J connectivity index is 1.33. The third-order valence-corrected chi connectivity index (χ3v) is 5.83. The Kier molecular flexibility index (Phi) is 3.91. The van der Waals surface area contributed by atoms with Gasteiger partial charge >= 0.3 is 0 Å². The van der Waals surface area contributed by atoms with Gasteiger partial charge in [0, 0.05) is 42.6 Å². The van der Waals surface area contributed by atoms with E-state index in [1.165, 1.54) is 29.1 Å². The van der Waals surface area contributed by atoms with Gasteiger partial charge in [-0.15, -0.1) is 0 Å². The molecular weight excluding hydrogens is 352 g/mol. The van der Waals surface area contributed by atoms with Crippen LogP contribution in [0.2, 0.25) is 0 Å². The summed E-state index contributed by atoms with van der Waals surface area (Å²) in [5, 5.41) is 16.5. The fraction of sp³-hybridized carbons (Fsp3) is 0.400. The molecule has 1 N–H and O–H groups in total. The molecule has 2 fully saturated rings. The van der Waals surface area contributed by atoms with E-state index in [0.717, 1.165) is 18.8 Å². The van der Waals surface area contributed by atoms with Crippen molar-refractivity contribution in [3.8, 4) is 6.07 Å². The second kappa shape index (κ2) is 6.46. The van der Waals surface area contributed by atoms with Crippen LogP contribution in [0.4, 0.5) is 17.2 Å². The highest BCUT2D eigenvalue weighted by molar-refractivity contribution is 5.71. The van der Waals surface area contributed by atoms with E-state index in [0.29, 0.717) is 35.3 Å². The topological polar surface area (TPSA) is 85.4 Å². The van der Waals surface area contributed by atoms with Crippen LogP contribution in [0.3, 0.4) is 0 Å². The number of hydrogen-bond acceptors (Lipinski definition) is 7. The minimum Gasteiger partial charge on any atom is -0.366 e. The van der Waals surface area contributed by atoms with E-state index >= 15 is 0 Å². The molecule has 5 rings (SSSR count). The molecule has 0 unspecified atom stereocenters. The number of piperazine rings is 1. The molecule has 2 bridgehead atoms. The van der Waals surface area contributed by atoms with Crippen molar-refractivity contribution < 1.29 is 0 Å². The zero-order valence-electron chi connectivity index (χ0n) is 15.9. The van der Waals surface area contributed by atoms with Crippen LogP contribution < -0.4 is 10.2 Å². The van der Waals surface area contributed by atoms with Crippen molar-refractivity contribution in [1.82, 2.24) is 24.5 Å². The fourth-order valence-electron chi connectivity index (χ4n) is 4.50. The molecule has 2 aromatic heterocycles. The molecule has 8 heteroatoms. The van der Waals surface area contributed by atoms with Crippen LogP contribution in [0.15, 0.2) is 36.8 Å². The lowest BCUT2D eigenvalue weighted by Crippen LogP contribution is -2.48. The molecule has 8 nitrogen and oxygen atoms in total. The van der Waals surface area contributed by atoms with E-state index in [4.69, 9.17) is 5.26 Å². The molecule has 3 aromatic rings. The van der Waals surface area contributed by atoms with E-state index in [1.54, 1.807) is 0 Å². The highest BCUT2D eigenvalue weighted by Crippen LogP contribution is 2.36. The highest BCUT2D eigenvalue weighted by Gasteiger charge is 2.43. The summed E-state index contributed by atoms with van der Waals surface area (Å²) in [5.74, 6) is 0.581. The molecule has 0 saturated carbocycles. The zero-order chi connectivity index (χ0) is 19.3. The Hall–Kier alpha value is -3.18. The van der Waals surface area contributed by atoms with Crippen LogP contribution in [0, 0.1) is 11.3 Å². The number of fused-ring (bicyclic) bond motifs is 3. The van der Waals surface area contributed by atoms with Crippen LogP contribution in [-0.4, -0.2) is 55.7 Å². The summed E-state index contributed by atoms with van der Waals surface area (Å²) in [5.41, 5.74) is 3.09. The highest BCUT2D eigenvalue weighted by atomic mass is 15.4. The van der Waals surface area contributed by atoms with E-state index < -0.39 is 0 Å². The lowest BCUT2D eigenvalue weighted by molar-refractivity contribution is 0.191. The summed E-state index contributed by atoms with van der Waals surface area (Å²) < 4.78 is 1.49. The van der Waals surface area contributed by atoms with Gasteiger partial charge in [0.2, 0.25) is 0 Å². The molecule has 0 spiro atoms. The van der Waals surface area contributed by atoms with Crippen molar-refractivity contribution in [2.24, 2.45) is 0 Å². The maximum atomic E-state index is 9.15. The predicted molar refractivity (Wildman–Crippen MR) is 107 cm³/mol. The number of likely N-dealkylation sites (tertiary alicyclic amines) is 1. The Morgan fingerprint density at radius 3 is 2.64 bits per heavy atom. The van der Waals surface area contributed by atoms with Gasteiger partial charge in [-0.05, 0) is 44.5 Å². The van der Waals surface area contributed by atoms with Crippen molar-refractivity contribution in [2.45, 2.75) is 38.4 Å². The molecular formula is C20H22N8. The van der Waals surface area contributed by atoms with Gasteiger partial charge in [0.05, 0.1) is 6.20 Å². The Bertz CT molecular complexity index is 1050. The second-order valence-electron chi connectivity index (χ2n) is 7.76. The van der Waals surface area contributed by atoms with E-state index in [1.807, 2.05) is 0 Å². The maximum absolute atomic E-state index is 9.15. The smallest absolute Gasteiger partial charge is 0.199 e. The summed E-state index contributed by atoms with van der Waals surface area (Å²) >= 11 is 0. The van der Waals surface area contributed by atoms with Crippen molar-refractivity contribution in [2.75, 3.05) is 23.3 Å². The number of nitrogens with zero attached hydrogens (tertiary/aromatic N) is 7. The number of hydrogen-bond donors (Lipinski definition) is 1. The van der Waals surface area contributed by atoms with Crippen LogP contribution >= 0.6 is 0 Å². The molecule has 2 saturated heterocycles. The van der Waals surface area contributed by atoms with Crippen molar-refractivity contribution in [3.05, 3.63) is 42.5 Å². The first-order valence-corrected chi connectivity index (χ1v) is 9.62. The normalized spacial score (nSPS) is 21.6. The lowest BCUT2D eigenvalue weighted by Gasteiger charge is -2.37. The van der Waals surface area contributed by atoms with Crippen LogP contribution in [0.5, 0.6) is 0 Å². The fourth-order valence-corrected chi connectivity index (χ4v) is 4.50. The summed E-state index contributed by atoms with van der Waals surface area (Å²) in [6.07, 6.45) is 4.19. The molecule has 0 aliphatic carbocycles. The summed E-state index contributed by atoms with van der Waals surface area (Å²) in [6, 6.07) is 12.4. The summed E-state index contributed by atoms with van der Waals surface area (Å²) in [7, 11) is 0. The number of benzene rings is 1. The third-order valence-electron chi connectivity index (χ3n) is 5.83. The standard InChI is InChI=1S/C20H22N8/c1-13(2)26-10-17-7-16(26)11-27(17)15-5-3-14(4-6-15)25-19-20-23-12-24-28(20)18(8-21)9-22-19/h3-6,9,12-13,16-17H,7,10-11H2,1-2H3,(H,22,25)/t16-,17-/m0/s1. The lowest BCUT2D eigenvalue weighted by atomic mass is 10.2. The van der Waals surface area contributed by atoms with Gasteiger partial charge in [-0.3, -0.25) is 4.90 Å². The molecule has 2 atom stereocenters. The number of nitriles is 1. The van der Waals surface area contributed by atoms with E-state index in [2.05, 4.69) is 74.4 Å². The first-order valence-electron chi connectivity index (χ1n) is 9.62. The molecule has 2 aliphatic rings. The Morgan fingerprint density at radius 1 is 1.14 bits per heavy atom. The summed E-state index contributed by atoms with van der Waals surface area (Å²) in [4.78, 5) is 13.7. The van der Waals surface area contributed by atoms with Crippen molar-refractivity contribution in [3.63, 3.8) is 0 Å². The first-order chi connectivity index (χ1) is 13.6. The van der Waals surface area contributed by atoms with Crippen LogP contribution in [0.1, 0.15) is 26.0 Å². The molecule has 2 aliphatic heterocycles. The Labute approximate surface area is 163 Å². The first kappa shape index (κ1) is 17.0. The van der Waals surface area contributed by atoms with E-state index in [-0.39, 0.29) is 0 Å². The quantitative estimate of drug-likeness (QED) is 0.750. The largest absolute Gasteiger partial charge is 0.366 e. The maximum Gasteiger partial charge on any atom is 0.199 e. The molecule has 4 heterocycles. The van der Waals surface area contributed by atoms with E-state index in [9.17, 15) is 0 Å². The van der Waals surface area contributed by atoms with Gasteiger partial charge < -0.3 is 10.2 Å². The summed E-state index contributed by atoms with van der Waals surface area (Å²) in [6.45, 7) is 6.83. The zero-order valence-corrected chi connectivity index (χ0v) is 15.9.